The van der Waals surface area contributed by atoms with E-state index in [9.17, 15) is 9.90 Å². The zero-order valence-electron chi connectivity index (χ0n) is 10.4. The molecule has 0 aliphatic rings. The lowest BCUT2D eigenvalue weighted by molar-refractivity contribution is -0.146. The van der Waals surface area contributed by atoms with Gasteiger partial charge >= 0.3 is 5.97 Å². The Bertz CT molecular complexity index is 570. The van der Waals surface area contributed by atoms with Crippen molar-refractivity contribution in [2.24, 2.45) is 0 Å². The monoisotopic (exact) mass is 250 g/mol. The molecule has 0 radical (unpaired) electrons. The molecule has 7 nitrogen and oxygen atoms in total. The summed E-state index contributed by atoms with van der Waals surface area (Å²) in [6.07, 6.45) is 0.754. The quantitative estimate of drug-likeness (QED) is 0.879. The minimum absolute atomic E-state index is 0.308. The van der Waals surface area contributed by atoms with E-state index in [2.05, 4.69) is 15.5 Å². The summed E-state index contributed by atoms with van der Waals surface area (Å²) in [6, 6.07) is 3.56. The number of hydrogen-bond donors (Lipinski definition) is 1. The highest BCUT2D eigenvalue weighted by molar-refractivity contribution is 5.76. The summed E-state index contributed by atoms with van der Waals surface area (Å²) in [6.45, 7) is 5.02. The Morgan fingerprint density at radius 3 is 2.78 bits per heavy atom. The van der Waals surface area contributed by atoms with Crippen molar-refractivity contribution in [3.05, 3.63) is 17.9 Å². The third-order valence-electron chi connectivity index (χ3n) is 2.75. The molecule has 2 aromatic rings. The normalized spacial score (nSPS) is 11.7. The number of nitrogens with zero attached hydrogens (tertiary/aromatic N) is 4. The van der Waals surface area contributed by atoms with Crippen molar-refractivity contribution in [3.8, 4) is 11.6 Å². The van der Waals surface area contributed by atoms with Crippen LogP contribution in [0.4, 0.5) is 0 Å². The second-order valence-corrected chi connectivity index (χ2v) is 4.40. The first-order valence-corrected chi connectivity index (χ1v) is 5.58. The van der Waals surface area contributed by atoms with E-state index in [1.54, 1.807) is 6.07 Å². The maximum Gasteiger partial charge on any atom is 0.331 e. The van der Waals surface area contributed by atoms with Crippen LogP contribution in [-0.2, 0) is 16.8 Å². The van der Waals surface area contributed by atoms with Crippen molar-refractivity contribution in [2.75, 3.05) is 0 Å². The molecular weight excluding hydrogens is 236 g/mol. The van der Waals surface area contributed by atoms with E-state index in [1.807, 2.05) is 13.0 Å². The minimum atomic E-state index is -1.24. The molecule has 0 aromatic carbocycles. The highest BCUT2D eigenvalue weighted by atomic mass is 16.4. The first-order chi connectivity index (χ1) is 8.46. The van der Waals surface area contributed by atoms with Crippen molar-refractivity contribution in [1.29, 1.82) is 0 Å². The van der Waals surface area contributed by atoms with Gasteiger partial charge < -0.3 is 9.52 Å². The first-order valence-electron chi connectivity index (χ1n) is 5.58. The van der Waals surface area contributed by atoms with E-state index < -0.39 is 11.5 Å². The largest absolute Gasteiger partial charge is 0.479 e. The van der Waals surface area contributed by atoms with Gasteiger partial charge in [0.1, 0.15) is 5.76 Å². The van der Waals surface area contributed by atoms with E-state index in [0.29, 0.717) is 11.6 Å². The molecule has 0 bridgehead atoms. The maximum absolute atomic E-state index is 11.2. The van der Waals surface area contributed by atoms with Crippen LogP contribution in [0.5, 0.6) is 0 Å². The molecular formula is C11H14N4O3. The minimum Gasteiger partial charge on any atom is -0.479 e. The highest BCUT2D eigenvalue weighted by Crippen LogP contribution is 2.24. The van der Waals surface area contributed by atoms with Crippen molar-refractivity contribution in [3.63, 3.8) is 0 Å². The smallest absolute Gasteiger partial charge is 0.331 e. The molecule has 0 amide bonds. The lowest BCUT2D eigenvalue weighted by atomic mass is 10.1. The molecule has 0 unspecified atom stereocenters. The number of tetrazole rings is 1. The number of rotatable bonds is 4. The molecule has 1 N–H and O–H groups in total. The Hall–Kier alpha value is -2.18. The molecule has 96 valence electrons. The maximum atomic E-state index is 11.2. The lowest BCUT2D eigenvalue weighted by Crippen LogP contribution is -2.37. The van der Waals surface area contributed by atoms with Gasteiger partial charge in [0.05, 0.1) is 0 Å². The van der Waals surface area contributed by atoms with E-state index in [-0.39, 0.29) is 0 Å². The van der Waals surface area contributed by atoms with E-state index >= 15 is 0 Å². The van der Waals surface area contributed by atoms with Gasteiger partial charge in [0.15, 0.2) is 11.3 Å². The lowest BCUT2D eigenvalue weighted by Gasteiger charge is -2.19. The van der Waals surface area contributed by atoms with Crippen LogP contribution in [-0.4, -0.2) is 31.3 Å². The third kappa shape index (κ3) is 1.87. The second kappa shape index (κ2) is 4.25. The van der Waals surface area contributed by atoms with Gasteiger partial charge in [0.25, 0.3) is 0 Å². The van der Waals surface area contributed by atoms with Crippen LogP contribution >= 0.6 is 0 Å². The molecule has 0 saturated heterocycles. The van der Waals surface area contributed by atoms with E-state index in [4.69, 9.17) is 4.42 Å². The number of aryl methyl sites for hydroxylation is 1. The molecule has 2 heterocycles. The zero-order valence-corrected chi connectivity index (χ0v) is 10.4. The van der Waals surface area contributed by atoms with Gasteiger partial charge in [-0.2, -0.15) is 0 Å². The Morgan fingerprint density at radius 2 is 2.22 bits per heavy atom. The van der Waals surface area contributed by atoms with Crippen LogP contribution in [0.25, 0.3) is 11.6 Å². The number of carboxylic acid groups (broad SMARTS) is 1. The molecule has 0 saturated carbocycles. The Balaban J connectivity index is 2.48. The van der Waals surface area contributed by atoms with Gasteiger partial charge in [-0.25, -0.2) is 9.48 Å². The Kier molecular flexibility index (Phi) is 2.90. The fraction of sp³-hybridized carbons (Fsp3) is 0.455. The van der Waals surface area contributed by atoms with Crippen LogP contribution in [0.15, 0.2) is 16.5 Å². The summed E-state index contributed by atoms with van der Waals surface area (Å²) in [5.74, 6) is 0.555. The van der Waals surface area contributed by atoms with Crippen molar-refractivity contribution < 1.29 is 14.3 Å². The van der Waals surface area contributed by atoms with Crippen LogP contribution in [0.1, 0.15) is 26.5 Å². The topological polar surface area (TPSA) is 94.0 Å². The molecule has 7 heteroatoms. The molecule has 2 aromatic heterocycles. The van der Waals surface area contributed by atoms with Gasteiger partial charge in [-0.1, -0.05) is 6.92 Å². The molecule has 0 atom stereocenters. The van der Waals surface area contributed by atoms with Crippen LogP contribution < -0.4 is 0 Å². The summed E-state index contributed by atoms with van der Waals surface area (Å²) in [5, 5.41) is 20.3. The summed E-state index contributed by atoms with van der Waals surface area (Å²) in [7, 11) is 0. The number of furan rings is 1. The van der Waals surface area contributed by atoms with Crippen LogP contribution in [0, 0.1) is 0 Å². The van der Waals surface area contributed by atoms with E-state index in [0.717, 1.165) is 12.2 Å². The van der Waals surface area contributed by atoms with Crippen LogP contribution in [0.2, 0.25) is 0 Å². The van der Waals surface area contributed by atoms with E-state index in [1.165, 1.54) is 18.5 Å². The predicted octanol–water partition coefficient (Wildman–Crippen LogP) is 1.32. The zero-order chi connectivity index (χ0) is 13.3. The Morgan fingerprint density at radius 1 is 1.50 bits per heavy atom. The highest BCUT2D eigenvalue weighted by Gasteiger charge is 2.34. The fourth-order valence-electron chi connectivity index (χ4n) is 1.50. The number of aromatic nitrogens is 4. The standard InChI is InChI=1S/C11H14N4O3/c1-4-7-5-6-8(18-7)9-12-13-14-15(9)11(2,3)10(16)17/h5-6H,4H2,1-3H3,(H,16,17). The molecule has 0 spiro atoms. The van der Waals surface area contributed by atoms with Gasteiger partial charge in [-0.15, -0.1) is 5.10 Å². The van der Waals surface area contributed by atoms with Gasteiger partial charge in [0.2, 0.25) is 5.82 Å². The summed E-state index contributed by atoms with van der Waals surface area (Å²) >= 11 is 0. The first kappa shape index (κ1) is 12.3. The SMILES string of the molecule is CCc1ccc(-c2nnnn2C(C)(C)C(=O)O)o1. The summed E-state index contributed by atoms with van der Waals surface area (Å²) in [5.41, 5.74) is -1.24. The van der Waals surface area contributed by atoms with Crippen molar-refractivity contribution >= 4 is 5.97 Å². The Labute approximate surface area is 103 Å². The molecule has 2 rings (SSSR count). The number of carboxylic acids is 1. The summed E-state index contributed by atoms with van der Waals surface area (Å²) in [4.78, 5) is 11.2. The van der Waals surface area contributed by atoms with Gasteiger partial charge in [-0.05, 0) is 36.4 Å². The van der Waals surface area contributed by atoms with Gasteiger partial charge in [0, 0.05) is 6.42 Å². The molecule has 0 aliphatic carbocycles. The van der Waals surface area contributed by atoms with Crippen LogP contribution in [0.3, 0.4) is 0 Å². The molecule has 18 heavy (non-hydrogen) atoms. The number of aliphatic carboxylic acids is 1. The fourth-order valence-corrected chi connectivity index (χ4v) is 1.50. The third-order valence-corrected chi connectivity index (χ3v) is 2.75. The number of carbonyl (C=O) groups is 1. The predicted molar refractivity (Wildman–Crippen MR) is 61.9 cm³/mol. The molecule has 0 aliphatic heterocycles. The number of hydrogen-bond acceptors (Lipinski definition) is 5. The van der Waals surface area contributed by atoms with Gasteiger partial charge in [-0.3, -0.25) is 0 Å². The average Bonchev–Trinajstić information content (AvgIpc) is 2.97. The summed E-state index contributed by atoms with van der Waals surface area (Å²) < 4.78 is 6.78. The van der Waals surface area contributed by atoms with Crippen molar-refractivity contribution in [2.45, 2.75) is 32.7 Å². The van der Waals surface area contributed by atoms with Crippen molar-refractivity contribution in [1.82, 2.24) is 20.2 Å². The average molecular weight is 250 g/mol. The second-order valence-electron chi connectivity index (χ2n) is 4.40. The molecule has 0 fully saturated rings.